The minimum absolute atomic E-state index is 0.239. The summed E-state index contributed by atoms with van der Waals surface area (Å²) in [5, 5.41) is 7.44. The van der Waals surface area contributed by atoms with Gasteiger partial charge in [0.2, 0.25) is 5.24 Å². The van der Waals surface area contributed by atoms with Crippen LogP contribution in [0.15, 0.2) is 18.2 Å². The van der Waals surface area contributed by atoms with Crippen molar-refractivity contribution in [2.45, 2.75) is 6.42 Å². The zero-order chi connectivity index (χ0) is 10.1. The number of fused-ring (bicyclic) bond motifs is 1. The van der Waals surface area contributed by atoms with Crippen molar-refractivity contribution in [3.8, 4) is 0 Å². The number of carbonyl (C=O) groups excluding carboxylic acids is 1. The lowest BCUT2D eigenvalue weighted by molar-refractivity contribution is -0.111. The van der Waals surface area contributed by atoms with Crippen LogP contribution in [0.5, 0.6) is 0 Å². The number of aromatic nitrogens is 3. The van der Waals surface area contributed by atoms with Crippen LogP contribution in [0.2, 0.25) is 0 Å². The molecule has 1 heterocycles. The average Bonchev–Trinajstić information content (AvgIpc) is 2.47. The van der Waals surface area contributed by atoms with Crippen molar-refractivity contribution in [2.24, 2.45) is 7.05 Å². The Bertz CT molecular complexity index is 492. The molecule has 2 aromatic rings. The Kier molecular flexibility index (Phi) is 2.21. The molecule has 0 saturated heterocycles. The van der Waals surface area contributed by atoms with Crippen molar-refractivity contribution in [3.63, 3.8) is 0 Å². The molecular weight excluding hydrogens is 202 g/mol. The summed E-state index contributed by atoms with van der Waals surface area (Å²) in [5.74, 6) is 0. The standard InChI is InChI=1S/C9H8ClN3O/c1-13-8-4-6(5-9(10)14)2-3-7(8)11-12-13/h2-4H,5H2,1H3. The van der Waals surface area contributed by atoms with Crippen molar-refractivity contribution in [1.29, 1.82) is 0 Å². The van der Waals surface area contributed by atoms with E-state index in [1.807, 2.05) is 25.2 Å². The first kappa shape index (κ1) is 9.15. The van der Waals surface area contributed by atoms with Crippen molar-refractivity contribution in [1.82, 2.24) is 15.0 Å². The lowest BCUT2D eigenvalue weighted by Crippen LogP contribution is -1.94. The molecule has 1 aromatic heterocycles. The maximum atomic E-state index is 10.7. The number of aryl methyl sites for hydroxylation is 1. The van der Waals surface area contributed by atoms with Crippen LogP contribution in [-0.4, -0.2) is 20.2 Å². The van der Waals surface area contributed by atoms with Crippen LogP contribution >= 0.6 is 11.6 Å². The van der Waals surface area contributed by atoms with E-state index in [9.17, 15) is 4.79 Å². The fourth-order valence-corrected chi connectivity index (χ4v) is 1.50. The molecule has 0 spiro atoms. The molecule has 0 aliphatic heterocycles. The molecule has 5 heteroatoms. The summed E-state index contributed by atoms with van der Waals surface area (Å²) >= 11 is 5.30. The Morgan fingerprint density at radius 2 is 2.36 bits per heavy atom. The highest BCUT2D eigenvalue weighted by Crippen LogP contribution is 2.13. The van der Waals surface area contributed by atoms with Crippen LogP contribution in [0.25, 0.3) is 11.0 Å². The number of rotatable bonds is 2. The van der Waals surface area contributed by atoms with Crippen LogP contribution < -0.4 is 0 Å². The van der Waals surface area contributed by atoms with Gasteiger partial charge in [-0.3, -0.25) is 4.79 Å². The molecule has 14 heavy (non-hydrogen) atoms. The van der Waals surface area contributed by atoms with Gasteiger partial charge in [-0.2, -0.15) is 0 Å². The summed E-state index contributed by atoms with van der Waals surface area (Å²) in [6.07, 6.45) is 0.239. The maximum absolute atomic E-state index is 10.7. The highest BCUT2D eigenvalue weighted by molar-refractivity contribution is 6.63. The summed E-state index contributed by atoms with van der Waals surface area (Å²) in [7, 11) is 1.81. The number of halogens is 1. The van der Waals surface area contributed by atoms with Crippen molar-refractivity contribution in [2.75, 3.05) is 0 Å². The Balaban J connectivity index is 2.49. The molecule has 0 bridgehead atoms. The molecule has 2 rings (SSSR count). The lowest BCUT2D eigenvalue weighted by atomic mass is 10.1. The van der Waals surface area contributed by atoms with Gasteiger partial charge in [0.1, 0.15) is 5.52 Å². The van der Waals surface area contributed by atoms with Crippen molar-refractivity contribution >= 4 is 27.9 Å². The summed E-state index contributed by atoms with van der Waals surface area (Å²) in [5.41, 5.74) is 2.60. The number of nitrogens with zero attached hydrogens (tertiary/aromatic N) is 3. The van der Waals surface area contributed by atoms with Gasteiger partial charge in [0.05, 0.1) is 5.52 Å². The Hall–Kier alpha value is -1.42. The number of hydrogen-bond acceptors (Lipinski definition) is 3. The predicted octanol–water partition coefficient (Wildman–Crippen LogP) is 1.28. The molecule has 72 valence electrons. The third-order valence-corrected chi connectivity index (χ3v) is 2.15. The third-order valence-electron chi connectivity index (χ3n) is 2.02. The van der Waals surface area contributed by atoms with E-state index in [4.69, 9.17) is 11.6 Å². The summed E-state index contributed by atoms with van der Waals surface area (Å²) in [6.45, 7) is 0. The largest absolute Gasteiger partial charge is 0.281 e. The predicted molar refractivity (Wildman–Crippen MR) is 53.1 cm³/mol. The smallest absolute Gasteiger partial charge is 0.226 e. The second-order valence-corrected chi connectivity index (χ2v) is 3.49. The van der Waals surface area contributed by atoms with Crippen LogP contribution in [0.3, 0.4) is 0 Å². The van der Waals surface area contributed by atoms with Crippen LogP contribution in [0.4, 0.5) is 0 Å². The van der Waals surface area contributed by atoms with E-state index in [-0.39, 0.29) is 11.7 Å². The van der Waals surface area contributed by atoms with Gasteiger partial charge in [0.25, 0.3) is 0 Å². The third kappa shape index (κ3) is 1.61. The topological polar surface area (TPSA) is 47.8 Å². The second-order valence-electron chi connectivity index (χ2n) is 3.07. The van der Waals surface area contributed by atoms with Gasteiger partial charge in [0, 0.05) is 13.5 Å². The zero-order valence-electron chi connectivity index (χ0n) is 7.57. The van der Waals surface area contributed by atoms with Gasteiger partial charge in [-0.25, -0.2) is 4.68 Å². The van der Waals surface area contributed by atoms with E-state index in [0.29, 0.717) is 0 Å². The minimum Gasteiger partial charge on any atom is -0.281 e. The fraction of sp³-hybridized carbons (Fsp3) is 0.222. The monoisotopic (exact) mass is 209 g/mol. The van der Waals surface area contributed by atoms with Gasteiger partial charge in [-0.05, 0) is 29.3 Å². The second kappa shape index (κ2) is 3.38. The quantitative estimate of drug-likeness (QED) is 0.700. The zero-order valence-corrected chi connectivity index (χ0v) is 8.32. The molecule has 0 atom stereocenters. The number of carbonyl (C=O) groups is 1. The van der Waals surface area contributed by atoms with Crippen LogP contribution in [-0.2, 0) is 18.3 Å². The molecule has 0 unspecified atom stereocenters. The highest BCUT2D eigenvalue weighted by Gasteiger charge is 2.04. The molecule has 0 N–H and O–H groups in total. The van der Waals surface area contributed by atoms with Crippen molar-refractivity contribution < 1.29 is 4.79 Å². The molecule has 0 radical (unpaired) electrons. The molecular formula is C9H8ClN3O. The molecule has 4 nitrogen and oxygen atoms in total. The van der Waals surface area contributed by atoms with E-state index in [2.05, 4.69) is 10.3 Å². The first-order valence-corrected chi connectivity index (χ1v) is 4.51. The van der Waals surface area contributed by atoms with E-state index >= 15 is 0 Å². The van der Waals surface area contributed by atoms with Gasteiger partial charge in [-0.15, -0.1) is 5.10 Å². The Morgan fingerprint density at radius 1 is 1.57 bits per heavy atom. The molecule has 0 aliphatic carbocycles. The number of benzene rings is 1. The van der Waals surface area contributed by atoms with Crippen LogP contribution in [0, 0.1) is 0 Å². The Labute approximate surface area is 85.5 Å². The lowest BCUT2D eigenvalue weighted by Gasteiger charge is -1.97. The highest BCUT2D eigenvalue weighted by atomic mass is 35.5. The fourth-order valence-electron chi connectivity index (χ4n) is 1.35. The van der Waals surface area contributed by atoms with Gasteiger partial charge in [0.15, 0.2) is 0 Å². The van der Waals surface area contributed by atoms with E-state index in [1.54, 1.807) is 4.68 Å². The molecule has 0 saturated carbocycles. The molecule has 0 amide bonds. The first-order chi connectivity index (χ1) is 6.66. The van der Waals surface area contributed by atoms with Gasteiger partial charge < -0.3 is 0 Å². The Morgan fingerprint density at radius 3 is 3.07 bits per heavy atom. The first-order valence-electron chi connectivity index (χ1n) is 4.13. The minimum atomic E-state index is -0.362. The molecule has 0 aliphatic rings. The van der Waals surface area contributed by atoms with Crippen molar-refractivity contribution in [3.05, 3.63) is 23.8 Å². The summed E-state index contributed by atoms with van der Waals surface area (Å²) in [4.78, 5) is 10.7. The molecule has 1 aromatic carbocycles. The van der Waals surface area contributed by atoms with E-state index in [0.717, 1.165) is 16.6 Å². The van der Waals surface area contributed by atoms with Gasteiger partial charge in [-0.1, -0.05) is 11.3 Å². The normalized spacial score (nSPS) is 10.7. The average molecular weight is 210 g/mol. The van der Waals surface area contributed by atoms with Crippen LogP contribution in [0.1, 0.15) is 5.56 Å². The molecule has 0 fully saturated rings. The number of hydrogen-bond donors (Lipinski definition) is 0. The maximum Gasteiger partial charge on any atom is 0.226 e. The van der Waals surface area contributed by atoms with Gasteiger partial charge >= 0.3 is 0 Å². The SMILES string of the molecule is Cn1nnc2ccc(CC(=O)Cl)cc21. The summed E-state index contributed by atoms with van der Waals surface area (Å²) in [6, 6.07) is 5.53. The summed E-state index contributed by atoms with van der Waals surface area (Å²) < 4.78 is 1.66. The van der Waals surface area contributed by atoms with E-state index in [1.165, 1.54) is 0 Å². The van der Waals surface area contributed by atoms with E-state index < -0.39 is 0 Å².